The lowest BCUT2D eigenvalue weighted by atomic mass is 9.91. The summed E-state index contributed by atoms with van der Waals surface area (Å²) in [6.07, 6.45) is 5.67. The zero-order chi connectivity index (χ0) is 87.0. The standard InChI is InChI=1S/C21H25ClN6O5.2C16H17ClN6O3.C12H12BrClN2O3.C9H14N4O2/c1-19(2,3)33-18(31)26-14-9-13(23-10-24-14)25-12-8-11(22)15-16(29)27-21(28(15)17(12)30)6-7-32-20(21,4)5;2*1-15(2)16(3-4-26-15)22-13(24)12-8(17)5-9(14(25)23(12)16)21-11-6-10(18)19-7-20-11;1-11(2)12(3-4-19-11)15-9(17)8-7(14)5-6(13)10(18)16(8)12;1-9(2,3)15-8(14)13-7-4-6(10)11-5-12-7/h8-10H,6-7H2,1-5H3,(H,27,29)(H2,23,24,25,26,31);2*5-7H,3-4H2,1-2H3,(H,22,24)(H3,18,19,20,21);5H,3-4H2,1-2H3,(H,15,17);4-5H,1-3H3,(H3,10,11,12,13,14). The number of amides is 6. The number of carbonyl (C=O) groups is 6. The van der Waals surface area contributed by atoms with Gasteiger partial charge in [0, 0.05) is 49.9 Å². The van der Waals surface area contributed by atoms with Gasteiger partial charge in [-0.2, -0.15) is 0 Å². The van der Waals surface area contributed by atoms with Crippen LogP contribution in [0.25, 0.3) is 0 Å². The lowest BCUT2D eigenvalue weighted by Gasteiger charge is -2.37. The number of ether oxygens (including phenoxy) is 6. The van der Waals surface area contributed by atoms with Gasteiger partial charge in [-0.3, -0.25) is 67.3 Å². The number of halogens is 5. The Labute approximate surface area is 705 Å². The van der Waals surface area contributed by atoms with Crippen molar-refractivity contribution in [2.75, 3.05) is 70.2 Å². The summed E-state index contributed by atoms with van der Waals surface area (Å²) in [5.41, 5.74) is 7.94. The van der Waals surface area contributed by atoms with Crippen LogP contribution in [0.1, 0.15) is 165 Å². The average Bonchev–Trinajstić information content (AvgIpc) is 1.57. The maximum atomic E-state index is 13.5. The molecule has 4 saturated heterocycles. The molecule has 0 aromatic carbocycles. The second-order valence-corrected chi connectivity index (χ2v) is 34.6. The summed E-state index contributed by atoms with van der Waals surface area (Å²) in [6, 6.07) is 11.5. The number of nitrogens with zero attached hydrogens (tertiary/aromatic N) is 12. The molecule has 4 unspecified atom stereocenters. The normalized spacial score (nSPS) is 21.7. The van der Waals surface area contributed by atoms with E-state index >= 15 is 0 Å². The number of aromatic nitrogens is 12. The van der Waals surface area contributed by atoms with E-state index in [1.54, 1.807) is 41.5 Å². The summed E-state index contributed by atoms with van der Waals surface area (Å²) < 4.78 is 39.2. The minimum Gasteiger partial charge on any atom is -0.444 e. The van der Waals surface area contributed by atoms with Crippen molar-refractivity contribution in [3.8, 4) is 0 Å². The van der Waals surface area contributed by atoms with Crippen LogP contribution in [-0.2, 0) is 51.1 Å². The number of carbonyl (C=O) groups excluding carboxylic acids is 6. The van der Waals surface area contributed by atoms with Crippen molar-refractivity contribution in [2.24, 2.45) is 0 Å². The first-order valence-corrected chi connectivity index (χ1v) is 39.0. The molecule has 4 fully saturated rings. The third kappa shape index (κ3) is 16.5. The fourth-order valence-corrected chi connectivity index (χ4v) is 16.7. The van der Waals surface area contributed by atoms with E-state index in [0.29, 0.717) is 74.0 Å². The van der Waals surface area contributed by atoms with Crippen LogP contribution in [0.3, 0.4) is 0 Å². The molecule has 0 saturated carbocycles. The van der Waals surface area contributed by atoms with E-state index < -0.39 is 103 Å². The molecule has 15 N–H and O–H groups in total. The highest BCUT2D eigenvalue weighted by molar-refractivity contribution is 9.10. The molecule has 632 valence electrons. The van der Waals surface area contributed by atoms with Crippen LogP contribution in [0.4, 0.5) is 73.2 Å². The van der Waals surface area contributed by atoms with Crippen molar-refractivity contribution in [1.29, 1.82) is 0 Å². The Kier molecular flexibility index (Phi) is 23.3. The predicted molar refractivity (Wildman–Crippen MR) is 442 cm³/mol. The molecule has 45 heteroatoms. The molecule has 16 heterocycles. The Morgan fingerprint density at radius 3 is 0.908 bits per heavy atom. The van der Waals surface area contributed by atoms with Gasteiger partial charge in [0.2, 0.25) is 0 Å². The molecule has 0 radical (unpaired) electrons. The van der Waals surface area contributed by atoms with Gasteiger partial charge in [0.15, 0.2) is 22.7 Å². The second-order valence-electron chi connectivity index (χ2n) is 32.1. The molecule has 8 aliphatic rings. The topological polar surface area (TPSA) is 535 Å². The van der Waals surface area contributed by atoms with E-state index in [1.165, 1.54) is 92.1 Å². The van der Waals surface area contributed by atoms with Gasteiger partial charge in [0.25, 0.3) is 45.9 Å². The zero-order valence-electron chi connectivity index (χ0n) is 66.6. The van der Waals surface area contributed by atoms with E-state index in [-0.39, 0.29) is 100 Å². The first kappa shape index (κ1) is 87.1. The monoisotopic (exact) mass is 1780 g/mol. The number of pyridine rings is 4. The average molecular weight is 1790 g/mol. The zero-order valence-corrected chi connectivity index (χ0v) is 71.2. The number of fused-ring (bicyclic) bond motifs is 8. The maximum absolute atomic E-state index is 13.5. The molecule has 16 rings (SSSR count). The molecule has 8 aromatic heterocycles. The molecule has 8 aliphatic heterocycles. The van der Waals surface area contributed by atoms with Crippen LogP contribution >= 0.6 is 62.3 Å². The van der Waals surface area contributed by atoms with Gasteiger partial charge in [-0.05, 0) is 137 Å². The highest BCUT2D eigenvalue weighted by Gasteiger charge is 2.63. The van der Waals surface area contributed by atoms with E-state index in [0.717, 1.165) is 0 Å². The van der Waals surface area contributed by atoms with Gasteiger partial charge in [-0.1, -0.05) is 46.4 Å². The third-order valence-electron chi connectivity index (χ3n) is 20.7. The van der Waals surface area contributed by atoms with Gasteiger partial charge < -0.3 is 82.8 Å². The molecular weight excluding hydrogens is 1700 g/mol. The van der Waals surface area contributed by atoms with E-state index in [1.807, 2.05) is 55.4 Å². The maximum Gasteiger partial charge on any atom is 0.413 e. The number of nitrogen functional groups attached to an aromatic ring is 3. The predicted octanol–water partition coefficient (Wildman–Crippen LogP) is 8.67. The fourth-order valence-electron chi connectivity index (χ4n) is 15.0. The van der Waals surface area contributed by atoms with Crippen LogP contribution in [0.2, 0.25) is 20.1 Å². The van der Waals surface area contributed by atoms with Crippen LogP contribution in [0.5, 0.6) is 0 Å². The first-order valence-electron chi connectivity index (χ1n) is 36.7. The summed E-state index contributed by atoms with van der Waals surface area (Å²) in [5, 5.41) is 26.0. The van der Waals surface area contributed by atoms with Crippen molar-refractivity contribution < 1.29 is 57.2 Å². The number of hydrogen-bond donors (Lipinski definition) is 12. The minimum absolute atomic E-state index is 0.0840. The van der Waals surface area contributed by atoms with Gasteiger partial charge in [0.05, 0.1) is 51.0 Å². The lowest BCUT2D eigenvalue weighted by Crippen LogP contribution is -2.58. The highest BCUT2D eigenvalue weighted by Crippen LogP contribution is 2.49. The molecule has 119 heavy (non-hydrogen) atoms. The Hall–Kier alpha value is -11.2. The molecule has 4 spiro atoms. The summed E-state index contributed by atoms with van der Waals surface area (Å²) in [7, 11) is 0. The quantitative estimate of drug-likeness (QED) is 0.0676. The van der Waals surface area contributed by atoms with Crippen molar-refractivity contribution in [2.45, 2.75) is 179 Å². The summed E-state index contributed by atoms with van der Waals surface area (Å²) in [6.45, 7) is 26.9. The Balaban J connectivity index is 0.000000140. The molecule has 0 aliphatic carbocycles. The number of anilines is 11. The Morgan fingerprint density at radius 2 is 0.639 bits per heavy atom. The SMILES string of the molecule is CC(C)(C)OC(=O)Nc1cc(N)ncn1.CC(C)(C)OC(=O)Nc1cc(Nc2cc(Cl)c3n(c2=O)C2(CCOC2(C)C)NC3=O)ncn1.CC1(C)OCCC12NC(=O)c1c(Cl)cc(Br)c(=O)n12.CC1(C)OCCC12NC(=O)c1c(Cl)cc(Nc3cc(N)ncn3)c(=O)n12.CC1(C)OCCC12NC(=O)c1c(Cl)cc(Nc3cc(N)ncn3)c(=O)n12. The van der Waals surface area contributed by atoms with Gasteiger partial charge >= 0.3 is 12.2 Å². The summed E-state index contributed by atoms with van der Waals surface area (Å²) in [4.78, 5) is 157. The highest BCUT2D eigenvalue weighted by atomic mass is 79.9. The van der Waals surface area contributed by atoms with Crippen molar-refractivity contribution in [1.82, 2.24) is 79.4 Å². The van der Waals surface area contributed by atoms with Crippen LogP contribution in [-0.4, -0.2) is 154 Å². The van der Waals surface area contributed by atoms with Crippen LogP contribution in [0, 0.1) is 0 Å². The second kappa shape index (κ2) is 31.8. The van der Waals surface area contributed by atoms with E-state index in [9.17, 15) is 47.9 Å². The molecular formula is C74H85BrCl4N24O16. The number of hydrogen-bond acceptors (Lipinski definition) is 30. The Bertz CT molecular complexity index is 5600. The third-order valence-corrected chi connectivity index (χ3v) is 22.4. The van der Waals surface area contributed by atoms with Crippen molar-refractivity contribution >= 4 is 162 Å². The minimum atomic E-state index is -1.06. The van der Waals surface area contributed by atoms with E-state index in [2.05, 4.69) is 104 Å². The lowest BCUT2D eigenvalue weighted by molar-refractivity contribution is -0.0337. The molecule has 6 amide bonds. The van der Waals surface area contributed by atoms with Crippen LogP contribution in [0.15, 0.2) is 97.5 Å². The molecule has 0 bridgehead atoms. The summed E-state index contributed by atoms with van der Waals surface area (Å²) in [5.74, 6) is 0.646. The summed E-state index contributed by atoms with van der Waals surface area (Å²) >= 11 is 28.4. The van der Waals surface area contributed by atoms with Crippen LogP contribution < -0.4 is 87.3 Å². The van der Waals surface area contributed by atoms with E-state index in [4.69, 9.17) is 92.0 Å². The van der Waals surface area contributed by atoms with Gasteiger partial charge in [0.1, 0.15) is 145 Å². The van der Waals surface area contributed by atoms with Gasteiger partial charge in [-0.25, -0.2) is 49.5 Å². The first-order chi connectivity index (χ1) is 55.5. The largest absolute Gasteiger partial charge is 0.444 e. The van der Waals surface area contributed by atoms with Crippen molar-refractivity contribution in [3.63, 3.8) is 0 Å². The van der Waals surface area contributed by atoms with Crippen molar-refractivity contribution in [3.05, 3.63) is 163 Å². The number of rotatable bonds is 8. The smallest absolute Gasteiger partial charge is 0.413 e. The molecule has 4 atom stereocenters. The Morgan fingerprint density at radius 1 is 0.395 bits per heavy atom. The number of nitrogens with two attached hydrogens (primary N) is 3. The van der Waals surface area contributed by atoms with Gasteiger partial charge in [-0.15, -0.1) is 0 Å². The molecule has 8 aromatic rings. The molecule has 40 nitrogen and oxygen atoms in total. The number of nitrogens with one attached hydrogen (secondary N) is 9. The fraction of sp³-hybridized carbons (Fsp3) is 0.432.